The molecule has 0 fully saturated rings. The fraction of sp³-hybridized carbons (Fsp3) is 0.444. The van der Waals surface area contributed by atoms with Gasteiger partial charge in [0.1, 0.15) is 11.2 Å². The minimum Gasteiger partial charge on any atom is -0.395 e. The van der Waals surface area contributed by atoms with Crippen LogP contribution in [-0.4, -0.2) is 30.4 Å². The first-order chi connectivity index (χ1) is 7.99. The number of rotatable bonds is 2. The summed E-state index contributed by atoms with van der Waals surface area (Å²) in [7, 11) is 2.96. The van der Waals surface area contributed by atoms with E-state index >= 15 is 0 Å². The SMILES string of the molecule is Cn1c(=O)c2[nH]c(=S)n(CCO)c2n(C)c1=O. The minimum atomic E-state index is -0.428. The van der Waals surface area contributed by atoms with Gasteiger partial charge in [-0.15, -0.1) is 0 Å². The van der Waals surface area contributed by atoms with Gasteiger partial charge in [-0.1, -0.05) is 0 Å². The van der Waals surface area contributed by atoms with Gasteiger partial charge in [0.25, 0.3) is 5.56 Å². The third-order valence-corrected chi connectivity index (χ3v) is 3.01. The van der Waals surface area contributed by atoms with Crippen LogP contribution in [0.4, 0.5) is 0 Å². The molecule has 2 aromatic heterocycles. The molecule has 0 aliphatic rings. The molecule has 7 nitrogen and oxygen atoms in total. The van der Waals surface area contributed by atoms with E-state index in [1.165, 1.54) is 16.2 Å². The molecule has 2 aromatic rings. The molecule has 2 heterocycles. The number of nitrogens with zero attached hydrogens (tertiary/aromatic N) is 3. The standard InChI is InChI=1S/C9H12N4O3S/c1-11-6-5(7(15)12(2)9(11)16)10-8(17)13(6)3-4-14/h14H,3-4H2,1-2H3,(H,10,17). The highest BCUT2D eigenvalue weighted by atomic mass is 32.1. The van der Waals surface area contributed by atoms with Crippen LogP contribution in [0.15, 0.2) is 9.59 Å². The third-order valence-electron chi connectivity index (χ3n) is 2.69. The molecule has 0 saturated carbocycles. The predicted molar refractivity (Wildman–Crippen MR) is 64.7 cm³/mol. The number of aliphatic hydroxyl groups excluding tert-OH is 1. The number of hydrogen-bond acceptors (Lipinski definition) is 4. The number of hydrogen-bond donors (Lipinski definition) is 2. The summed E-state index contributed by atoms with van der Waals surface area (Å²) in [4.78, 5) is 26.4. The molecule has 0 saturated heterocycles. The maximum Gasteiger partial charge on any atom is 0.332 e. The van der Waals surface area contributed by atoms with E-state index in [0.29, 0.717) is 10.4 Å². The average Bonchev–Trinajstić information content (AvgIpc) is 2.62. The summed E-state index contributed by atoms with van der Waals surface area (Å²) in [6.07, 6.45) is 0. The van der Waals surface area contributed by atoms with E-state index in [1.807, 2.05) is 0 Å². The van der Waals surface area contributed by atoms with Crippen molar-refractivity contribution in [1.82, 2.24) is 18.7 Å². The quantitative estimate of drug-likeness (QED) is 0.681. The topological polar surface area (TPSA) is 84.9 Å². The Labute approximate surface area is 101 Å². The molecule has 2 N–H and O–H groups in total. The number of nitrogens with one attached hydrogen (secondary N) is 1. The van der Waals surface area contributed by atoms with Crippen molar-refractivity contribution < 1.29 is 5.11 Å². The van der Waals surface area contributed by atoms with Gasteiger partial charge in [0.2, 0.25) is 0 Å². The van der Waals surface area contributed by atoms with Gasteiger partial charge in [-0.3, -0.25) is 13.9 Å². The van der Waals surface area contributed by atoms with Gasteiger partial charge < -0.3 is 14.7 Å². The molecule has 0 aliphatic heterocycles. The molecule has 17 heavy (non-hydrogen) atoms. The van der Waals surface area contributed by atoms with Crippen LogP contribution in [0.25, 0.3) is 11.2 Å². The second-order valence-electron chi connectivity index (χ2n) is 3.71. The number of aromatic nitrogens is 4. The van der Waals surface area contributed by atoms with Crippen molar-refractivity contribution in [2.45, 2.75) is 6.54 Å². The molecule has 0 amide bonds. The number of aryl methyl sites for hydroxylation is 1. The van der Waals surface area contributed by atoms with Crippen molar-refractivity contribution in [3.05, 3.63) is 25.6 Å². The highest BCUT2D eigenvalue weighted by molar-refractivity contribution is 7.71. The number of fused-ring (bicyclic) bond motifs is 1. The molecule has 8 heteroatoms. The smallest absolute Gasteiger partial charge is 0.332 e. The fourth-order valence-electron chi connectivity index (χ4n) is 1.84. The van der Waals surface area contributed by atoms with E-state index in [1.54, 1.807) is 7.05 Å². The Bertz CT molecular complexity index is 748. The largest absolute Gasteiger partial charge is 0.395 e. The van der Waals surface area contributed by atoms with Crippen molar-refractivity contribution in [3.63, 3.8) is 0 Å². The van der Waals surface area contributed by atoms with Crippen LogP contribution in [0.1, 0.15) is 0 Å². The summed E-state index contributed by atoms with van der Waals surface area (Å²) in [6.45, 7) is 0.115. The van der Waals surface area contributed by atoms with E-state index in [-0.39, 0.29) is 18.7 Å². The summed E-state index contributed by atoms with van der Waals surface area (Å²) in [5.41, 5.74) is -0.181. The van der Waals surface area contributed by atoms with Gasteiger partial charge in [-0.25, -0.2) is 4.79 Å². The van der Waals surface area contributed by atoms with E-state index in [9.17, 15) is 9.59 Å². The minimum absolute atomic E-state index is 0.120. The summed E-state index contributed by atoms with van der Waals surface area (Å²) in [6, 6.07) is 0. The maximum absolute atomic E-state index is 11.9. The van der Waals surface area contributed by atoms with Gasteiger partial charge >= 0.3 is 5.69 Å². The Balaban J connectivity index is 3.08. The lowest BCUT2D eigenvalue weighted by atomic mass is 10.5. The zero-order valence-corrected chi connectivity index (χ0v) is 10.2. The molecule has 0 bridgehead atoms. The molecule has 0 unspecified atom stereocenters. The predicted octanol–water partition coefficient (Wildman–Crippen LogP) is -0.911. The zero-order valence-electron chi connectivity index (χ0n) is 9.43. The second kappa shape index (κ2) is 3.97. The summed E-state index contributed by atoms with van der Waals surface area (Å²) in [5, 5.41) is 8.95. The number of H-pyrrole nitrogens is 1. The molecular weight excluding hydrogens is 244 g/mol. The van der Waals surface area contributed by atoms with Crippen molar-refractivity contribution in [2.75, 3.05) is 6.61 Å². The van der Waals surface area contributed by atoms with Crippen molar-refractivity contribution >= 4 is 23.4 Å². The second-order valence-corrected chi connectivity index (χ2v) is 4.10. The lowest BCUT2D eigenvalue weighted by Gasteiger charge is -2.07. The summed E-state index contributed by atoms with van der Waals surface area (Å²) in [5.74, 6) is 0. The molecule has 92 valence electrons. The Morgan fingerprint density at radius 2 is 1.94 bits per heavy atom. The van der Waals surface area contributed by atoms with Gasteiger partial charge in [0.05, 0.1) is 6.61 Å². The lowest BCUT2D eigenvalue weighted by Crippen LogP contribution is -2.37. The van der Waals surface area contributed by atoms with Crippen molar-refractivity contribution in [2.24, 2.45) is 14.1 Å². The molecule has 0 spiro atoms. The highest BCUT2D eigenvalue weighted by Crippen LogP contribution is 2.07. The highest BCUT2D eigenvalue weighted by Gasteiger charge is 2.14. The first-order valence-corrected chi connectivity index (χ1v) is 5.39. The summed E-state index contributed by atoms with van der Waals surface area (Å²) < 4.78 is 4.19. The van der Waals surface area contributed by atoms with Gasteiger partial charge in [-0.05, 0) is 12.2 Å². The normalized spacial score (nSPS) is 11.2. The van der Waals surface area contributed by atoms with Crippen LogP contribution >= 0.6 is 12.2 Å². The molecule has 0 radical (unpaired) electrons. The maximum atomic E-state index is 11.9. The molecule has 2 rings (SSSR count). The Morgan fingerprint density at radius 3 is 2.53 bits per heavy atom. The third kappa shape index (κ3) is 1.56. The molecule has 0 atom stereocenters. The summed E-state index contributed by atoms with van der Waals surface area (Å²) >= 11 is 5.06. The van der Waals surface area contributed by atoms with E-state index in [0.717, 1.165) is 4.57 Å². The van der Waals surface area contributed by atoms with Crippen molar-refractivity contribution in [1.29, 1.82) is 0 Å². The van der Waals surface area contributed by atoms with Crippen LogP contribution < -0.4 is 11.2 Å². The van der Waals surface area contributed by atoms with E-state index in [4.69, 9.17) is 17.3 Å². The van der Waals surface area contributed by atoms with Gasteiger partial charge in [0.15, 0.2) is 4.77 Å². The monoisotopic (exact) mass is 256 g/mol. The lowest BCUT2D eigenvalue weighted by molar-refractivity contribution is 0.276. The zero-order chi connectivity index (χ0) is 12.7. The van der Waals surface area contributed by atoms with Crippen LogP contribution in [0.3, 0.4) is 0 Å². The molecule has 0 aliphatic carbocycles. The number of aromatic amines is 1. The fourth-order valence-corrected chi connectivity index (χ4v) is 2.12. The number of imidazole rings is 1. The van der Waals surface area contributed by atoms with E-state index < -0.39 is 11.2 Å². The Kier molecular flexibility index (Phi) is 2.76. The Hall–Kier alpha value is -1.67. The first kappa shape index (κ1) is 11.8. The number of aliphatic hydroxyl groups is 1. The molecule has 0 aromatic carbocycles. The molecular formula is C9H12N4O3S. The van der Waals surface area contributed by atoms with Crippen LogP contribution in [0.5, 0.6) is 0 Å². The van der Waals surface area contributed by atoms with Crippen LogP contribution in [-0.2, 0) is 20.6 Å². The first-order valence-electron chi connectivity index (χ1n) is 4.98. The van der Waals surface area contributed by atoms with E-state index in [2.05, 4.69) is 4.98 Å². The van der Waals surface area contributed by atoms with Crippen molar-refractivity contribution in [3.8, 4) is 0 Å². The van der Waals surface area contributed by atoms with Crippen LogP contribution in [0, 0.1) is 4.77 Å². The average molecular weight is 256 g/mol. The Morgan fingerprint density at radius 1 is 1.29 bits per heavy atom. The van der Waals surface area contributed by atoms with Gasteiger partial charge in [-0.2, -0.15) is 0 Å². The van der Waals surface area contributed by atoms with Gasteiger partial charge in [0, 0.05) is 20.6 Å². The van der Waals surface area contributed by atoms with Crippen LogP contribution in [0.2, 0.25) is 0 Å².